The quantitative estimate of drug-likeness (QED) is 0.570. The molecule has 1 N–H and O–H groups in total. The second kappa shape index (κ2) is 11.2. The van der Waals surface area contributed by atoms with Crippen molar-refractivity contribution in [1.29, 1.82) is 0 Å². The first-order valence-corrected chi connectivity index (χ1v) is 12.5. The summed E-state index contributed by atoms with van der Waals surface area (Å²) < 4.78 is 31.8. The Hall–Kier alpha value is -3.07. The standard InChI is InChI=1S/C24H33N3O5S/c1-17(2)21-12-7-8-13-22(21)27(33(6,30)31)16-23(28)26(18(3)24(29)25-4)15-19-10-9-11-20(14-19)32-5/h7-14,17-18H,15-16H2,1-6H3,(H,25,29)/t18-/m0/s1. The molecule has 2 aromatic rings. The molecule has 0 saturated carbocycles. The van der Waals surface area contributed by atoms with Crippen molar-refractivity contribution in [3.63, 3.8) is 0 Å². The lowest BCUT2D eigenvalue weighted by Gasteiger charge is -2.32. The molecule has 2 aromatic carbocycles. The van der Waals surface area contributed by atoms with Crippen molar-refractivity contribution < 1.29 is 22.7 Å². The number of amides is 2. The number of likely N-dealkylation sites (N-methyl/N-ethyl adjacent to an activating group) is 1. The number of carbonyl (C=O) groups is 2. The van der Waals surface area contributed by atoms with Crippen LogP contribution in [0.4, 0.5) is 5.69 Å². The highest BCUT2D eigenvalue weighted by atomic mass is 32.2. The van der Waals surface area contributed by atoms with Gasteiger partial charge >= 0.3 is 0 Å². The summed E-state index contributed by atoms with van der Waals surface area (Å²) in [4.78, 5) is 27.3. The minimum Gasteiger partial charge on any atom is -0.497 e. The first kappa shape index (κ1) is 26.2. The fraction of sp³-hybridized carbons (Fsp3) is 0.417. The number of benzene rings is 2. The zero-order valence-electron chi connectivity index (χ0n) is 20.0. The molecule has 0 saturated heterocycles. The van der Waals surface area contributed by atoms with Gasteiger partial charge in [-0.1, -0.05) is 44.2 Å². The van der Waals surface area contributed by atoms with Crippen molar-refractivity contribution in [2.75, 3.05) is 31.3 Å². The molecule has 33 heavy (non-hydrogen) atoms. The molecular formula is C24H33N3O5S. The monoisotopic (exact) mass is 475 g/mol. The molecule has 1 atom stereocenters. The summed E-state index contributed by atoms with van der Waals surface area (Å²) in [6, 6.07) is 13.5. The molecule has 0 unspecified atom stereocenters. The highest BCUT2D eigenvalue weighted by molar-refractivity contribution is 7.92. The summed E-state index contributed by atoms with van der Waals surface area (Å²) in [6.45, 7) is 5.24. The molecule has 0 aliphatic rings. The number of nitrogens with one attached hydrogen (secondary N) is 1. The normalized spacial score (nSPS) is 12.2. The van der Waals surface area contributed by atoms with Crippen LogP contribution >= 0.6 is 0 Å². The maximum Gasteiger partial charge on any atom is 0.244 e. The smallest absolute Gasteiger partial charge is 0.244 e. The van der Waals surface area contributed by atoms with E-state index in [1.54, 1.807) is 44.4 Å². The number of methoxy groups -OCH3 is 1. The molecule has 0 bridgehead atoms. The zero-order chi connectivity index (χ0) is 24.8. The molecular weight excluding hydrogens is 442 g/mol. The molecule has 0 radical (unpaired) electrons. The van der Waals surface area contributed by atoms with Gasteiger partial charge in [-0.25, -0.2) is 8.42 Å². The molecule has 0 spiro atoms. The Balaban J connectivity index is 2.46. The summed E-state index contributed by atoms with van der Waals surface area (Å²) in [6.07, 6.45) is 1.08. The molecule has 0 aliphatic carbocycles. The van der Waals surface area contributed by atoms with Crippen LogP contribution in [0.25, 0.3) is 0 Å². The van der Waals surface area contributed by atoms with E-state index < -0.39 is 28.5 Å². The Morgan fingerprint density at radius 3 is 2.30 bits per heavy atom. The Morgan fingerprint density at radius 2 is 1.73 bits per heavy atom. The number of carbonyl (C=O) groups excluding carboxylic acids is 2. The summed E-state index contributed by atoms with van der Waals surface area (Å²) in [5.74, 6) is -0.160. The molecule has 2 amide bonds. The lowest BCUT2D eigenvalue weighted by Crippen LogP contribution is -2.50. The fourth-order valence-corrected chi connectivity index (χ4v) is 4.43. The maximum absolute atomic E-state index is 13.5. The van der Waals surface area contributed by atoms with Crippen LogP contribution in [0.5, 0.6) is 5.75 Å². The molecule has 0 fully saturated rings. The average molecular weight is 476 g/mol. The number of anilines is 1. The van der Waals surface area contributed by atoms with Gasteiger partial charge < -0.3 is 15.0 Å². The second-order valence-corrected chi connectivity index (χ2v) is 10.1. The van der Waals surface area contributed by atoms with E-state index in [9.17, 15) is 18.0 Å². The predicted octanol–water partition coefficient (Wildman–Crippen LogP) is 2.75. The fourth-order valence-electron chi connectivity index (χ4n) is 3.56. The number of nitrogens with zero attached hydrogens (tertiary/aromatic N) is 2. The predicted molar refractivity (Wildman–Crippen MR) is 130 cm³/mol. The summed E-state index contributed by atoms with van der Waals surface area (Å²) >= 11 is 0. The van der Waals surface area contributed by atoms with Crippen molar-refractivity contribution in [2.45, 2.75) is 39.3 Å². The van der Waals surface area contributed by atoms with Crippen molar-refractivity contribution in [2.24, 2.45) is 0 Å². The van der Waals surface area contributed by atoms with Crippen LogP contribution in [0.1, 0.15) is 37.8 Å². The molecule has 8 nitrogen and oxygen atoms in total. The van der Waals surface area contributed by atoms with Crippen LogP contribution in [-0.4, -0.2) is 58.1 Å². The maximum atomic E-state index is 13.5. The first-order chi connectivity index (χ1) is 15.5. The number of hydrogen-bond acceptors (Lipinski definition) is 5. The van der Waals surface area contributed by atoms with Crippen LogP contribution in [0.2, 0.25) is 0 Å². The van der Waals surface area contributed by atoms with Gasteiger partial charge in [0.15, 0.2) is 0 Å². The van der Waals surface area contributed by atoms with E-state index >= 15 is 0 Å². The van der Waals surface area contributed by atoms with E-state index in [-0.39, 0.29) is 18.4 Å². The van der Waals surface area contributed by atoms with Gasteiger partial charge in [0.2, 0.25) is 21.8 Å². The van der Waals surface area contributed by atoms with Gasteiger partial charge in [-0.05, 0) is 42.2 Å². The first-order valence-electron chi connectivity index (χ1n) is 10.7. The van der Waals surface area contributed by atoms with Crippen molar-refractivity contribution in [1.82, 2.24) is 10.2 Å². The van der Waals surface area contributed by atoms with Gasteiger partial charge in [-0.3, -0.25) is 13.9 Å². The van der Waals surface area contributed by atoms with Crippen molar-refractivity contribution in [3.05, 3.63) is 59.7 Å². The third-order valence-electron chi connectivity index (χ3n) is 5.41. The van der Waals surface area contributed by atoms with Crippen LogP contribution in [-0.2, 0) is 26.2 Å². The molecule has 180 valence electrons. The minimum atomic E-state index is -3.77. The van der Waals surface area contributed by atoms with Gasteiger partial charge in [0.25, 0.3) is 0 Å². The molecule has 9 heteroatoms. The largest absolute Gasteiger partial charge is 0.497 e. The Kier molecular flexibility index (Phi) is 8.87. The molecule has 0 heterocycles. The number of ether oxygens (including phenoxy) is 1. The topological polar surface area (TPSA) is 96.0 Å². The third kappa shape index (κ3) is 6.71. The Morgan fingerprint density at radius 1 is 1.06 bits per heavy atom. The van der Waals surface area contributed by atoms with Crippen molar-refractivity contribution in [3.8, 4) is 5.75 Å². The van der Waals surface area contributed by atoms with Crippen LogP contribution in [0.15, 0.2) is 48.5 Å². The summed E-state index contributed by atoms with van der Waals surface area (Å²) in [5, 5.41) is 2.56. The number of para-hydroxylation sites is 1. The molecule has 0 aliphatic heterocycles. The third-order valence-corrected chi connectivity index (χ3v) is 6.53. The van der Waals surface area contributed by atoms with Gasteiger partial charge in [-0.2, -0.15) is 0 Å². The summed E-state index contributed by atoms with van der Waals surface area (Å²) in [5.41, 5.74) is 2.03. The molecule has 2 rings (SSSR count). The van der Waals surface area contributed by atoms with Crippen LogP contribution in [0, 0.1) is 0 Å². The van der Waals surface area contributed by atoms with E-state index in [0.717, 1.165) is 21.7 Å². The lowest BCUT2D eigenvalue weighted by atomic mass is 10.0. The highest BCUT2D eigenvalue weighted by Crippen LogP contribution is 2.29. The van der Waals surface area contributed by atoms with E-state index in [0.29, 0.717) is 11.4 Å². The number of hydrogen-bond donors (Lipinski definition) is 1. The van der Waals surface area contributed by atoms with Gasteiger partial charge in [0, 0.05) is 13.6 Å². The van der Waals surface area contributed by atoms with Gasteiger partial charge in [0.05, 0.1) is 19.1 Å². The van der Waals surface area contributed by atoms with Gasteiger partial charge in [-0.15, -0.1) is 0 Å². The van der Waals surface area contributed by atoms with E-state index in [1.807, 2.05) is 32.0 Å². The summed E-state index contributed by atoms with van der Waals surface area (Å²) in [7, 11) is -0.731. The average Bonchev–Trinajstić information content (AvgIpc) is 2.79. The van der Waals surface area contributed by atoms with E-state index in [4.69, 9.17) is 4.74 Å². The number of rotatable bonds is 10. The molecule has 0 aromatic heterocycles. The van der Waals surface area contributed by atoms with Crippen molar-refractivity contribution >= 4 is 27.5 Å². The second-order valence-electron chi connectivity index (χ2n) is 8.15. The number of sulfonamides is 1. The Bertz CT molecular complexity index is 1090. The highest BCUT2D eigenvalue weighted by Gasteiger charge is 2.30. The van der Waals surface area contributed by atoms with Gasteiger partial charge in [0.1, 0.15) is 18.3 Å². The minimum absolute atomic E-state index is 0.0539. The SMILES string of the molecule is CNC(=O)[C@H](C)N(Cc1cccc(OC)c1)C(=O)CN(c1ccccc1C(C)C)S(C)(=O)=O. The van der Waals surface area contributed by atoms with E-state index in [2.05, 4.69) is 5.32 Å². The Labute approximate surface area is 196 Å². The van der Waals surface area contributed by atoms with Crippen LogP contribution < -0.4 is 14.4 Å². The zero-order valence-corrected chi connectivity index (χ0v) is 20.8. The van der Waals surface area contributed by atoms with E-state index in [1.165, 1.54) is 11.9 Å². The van der Waals surface area contributed by atoms with Crippen LogP contribution in [0.3, 0.4) is 0 Å². The lowest BCUT2D eigenvalue weighted by molar-refractivity contribution is -0.139.